The van der Waals surface area contributed by atoms with Crippen LogP contribution in [0.3, 0.4) is 0 Å². The van der Waals surface area contributed by atoms with E-state index in [2.05, 4.69) is 0 Å². The van der Waals surface area contributed by atoms with Crippen LogP contribution in [0.1, 0.15) is 17.5 Å². The number of aryl methyl sites for hydroxylation is 1. The highest BCUT2D eigenvalue weighted by Crippen LogP contribution is 2.23. The molecule has 0 heterocycles. The van der Waals surface area contributed by atoms with Gasteiger partial charge in [0.2, 0.25) is 0 Å². The average Bonchev–Trinajstić information content (AvgIpc) is 2.46. The van der Waals surface area contributed by atoms with Crippen LogP contribution in [-0.4, -0.2) is 13.2 Å². The minimum Gasteiger partial charge on any atom is -0.493 e. The van der Waals surface area contributed by atoms with Crippen LogP contribution >= 0.6 is 11.6 Å². The highest BCUT2D eigenvalue weighted by atomic mass is 35.5. The lowest BCUT2D eigenvalue weighted by molar-refractivity contribution is 0.246. The molecule has 0 unspecified atom stereocenters. The Bertz CT molecular complexity index is 614. The molecular weight excluding hydrogens is 286 g/mol. The molecule has 0 radical (unpaired) electrons. The Balaban J connectivity index is 1.75. The minimum atomic E-state index is 0.594. The molecule has 0 aliphatic heterocycles. The summed E-state index contributed by atoms with van der Waals surface area (Å²) in [7, 11) is 0. The predicted molar refractivity (Wildman–Crippen MR) is 87.4 cm³/mol. The molecule has 0 saturated heterocycles. The molecule has 0 atom stereocenters. The summed E-state index contributed by atoms with van der Waals surface area (Å²) in [5.74, 6) is 1.66. The summed E-state index contributed by atoms with van der Waals surface area (Å²) in [5.41, 5.74) is 8.58. The molecule has 2 aromatic rings. The van der Waals surface area contributed by atoms with Crippen LogP contribution in [0.2, 0.25) is 5.02 Å². The third-order valence-corrected chi connectivity index (χ3v) is 3.69. The summed E-state index contributed by atoms with van der Waals surface area (Å²) in [6.07, 6.45) is 0.802. The predicted octanol–water partition coefficient (Wildman–Crippen LogP) is 4.39. The van der Waals surface area contributed by atoms with Crippen molar-refractivity contribution in [2.45, 2.75) is 20.3 Å². The molecule has 2 N–H and O–H groups in total. The third kappa shape index (κ3) is 4.30. The van der Waals surface area contributed by atoms with Crippen molar-refractivity contribution >= 4 is 17.3 Å². The van der Waals surface area contributed by atoms with Crippen molar-refractivity contribution in [2.24, 2.45) is 0 Å². The smallest absolute Gasteiger partial charge is 0.124 e. The second kappa shape index (κ2) is 7.23. The van der Waals surface area contributed by atoms with E-state index in [-0.39, 0.29) is 0 Å². The molecule has 112 valence electrons. The van der Waals surface area contributed by atoms with Gasteiger partial charge in [-0.05, 0) is 49.7 Å². The van der Waals surface area contributed by atoms with Crippen molar-refractivity contribution in [3.63, 3.8) is 0 Å². The fourth-order valence-electron chi connectivity index (χ4n) is 1.93. The van der Waals surface area contributed by atoms with Crippen molar-refractivity contribution in [2.75, 3.05) is 18.9 Å². The van der Waals surface area contributed by atoms with Gasteiger partial charge in [-0.15, -0.1) is 0 Å². The van der Waals surface area contributed by atoms with Crippen LogP contribution < -0.4 is 15.2 Å². The van der Waals surface area contributed by atoms with Gasteiger partial charge in [0.05, 0.1) is 13.2 Å². The van der Waals surface area contributed by atoms with Gasteiger partial charge in [-0.25, -0.2) is 0 Å². The van der Waals surface area contributed by atoms with Crippen LogP contribution in [0.5, 0.6) is 11.5 Å². The number of rotatable bonds is 6. The summed E-state index contributed by atoms with van der Waals surface area (Å²) in [6, 6.07) is 11.3. The number of nitrogen functional groups attached to an aromatic ring is 1. The number of halogens is 1. The van der Waals surface area contributed by atoms with Gasteiger partial charge >= 0.3 is 0 Å². The van der Waals surface area contributed by atoms with Crippen molar-refractivity contribution in [1.29, 1.82) is 0 Å². The lowest BCUT2D eigenvalue weighted by atomic mass is 10.2. The molecule has 4 heteroatoms. The highest BCUT2D eigenvalue weighted by Gasteiger charge is 2.02. The van der Waals surface area contributed by atoms with E-state index in [1.165, 1.54) is 0 Å². The Kier molecular flexibility index (Phi) is 5.34. The molecule has 0 amide bonds. The van der Waals surface area contributed by atoms with E-state index in [4.69, 9.17) is 26.8 Å². The number of ether oxygens (including phenoxy) is 2. The summed E-state index contributed by atoms with van der Waals surface area (Å²) < 4.78 is 11.4. The first-order valence-corrected chi connectivity index (χ1v) is 7.32. The normalized spacial score (nSPS) is 10.4. The van der Waals surface area contributed by atoms with Gasteiger partial charge < -0.3 is 15.2 Å². The molecule has 0 saturated carbocycles. The largest absolute Gasteiger partial charge is 0.493 e. The fraction of sp³-hybridized carbons (Fsp3) is 0.294. The van der Waals surface area contributed by atoms with Crippen molar-refractivity contribution in [3.8, 4) is 11.5 Å². The maximum Gasteiger partial charge on any atom is 0.124 e. The monoisotopic (exact) mass is 305 g/mol. The first-order chi connectivity index (χ1) is 10.1. The lowest BCUT2D eigenvalue weighted by Crippen LogP contribution is -2.06. The van der Waals surface area contributed by atoms with E-state index in [0.29, 0.717) is 13.2 Å². The molecule has 0 bridgehead atoms. The van der Waals surface area contributed by atoms with Gasteiger partial charge in [-0.1, -0.05) is 17.7 Å². The zero-order valence-corrected chi connectivity index (χ0v) is 13.1. The van der Waals surface area contributed by atoms with E-state index in [9.17, 15) is 0 Å². The summed E-state index contributed by atoms with van der Waals surface area (Å²) in [5, 5.41) is 0.753. The van der Waals surface area contributed by atoms with E-state index in [1.54, 1.807) is 0 Å². The maximum absolute atomic E-state index is 5.97. The van der Waals surface area contributed by atoms with Crippen LogP contribution in [0.4, 0.5) is 5.69 Å². The zero-order chi connectivity index (χ0) is 15.2. The molecule has 3 nitrogen and oxygen atoms in total. The van der Waals surface area contributed by atoms with Crippen molar-refractivity contribution < 1.29 is 9.47 Å². The van der Waals surface area contributed by atoms with Gasteiger partial charge in [0, 0.05) is 22.7 Å². The Hall–Kier alpha value is -1.87. The molecule has 0 spiro atoms. The topological polar surface area (TPSA) is 44.5 Å². The third-order valence-electron chi connectivity index (χ3n) is 3.27. The number of benzene rings is 2. The van der Waals surface area contributed by atoms with E-state index in [0.717, 1.165) is 39.8 Å². The van der Waals surface area contributed by atoms with E-state index < -0.39 is 0 Å². The number of anilines is 1. The summed E-state index contributed by atoms with van der Waals surface area (Å²) in [6.45, 7) is 5.11. The molecule has 0 aliphatic rings. The minimum absolute atomic E-state index is 0.594. The average molecular weight is 306 g/mol. The number of hydrogen-bond acceptors (Lipinski definition) is 3. The number of hydrogen-bond donors (Lipinski definition) is 1. The molecule has 2 aromatic carbocycles. The summed E-state index contributed by atoms with van der Waals surface area (Å²) >= 11 is 5.97. The van der Waals surface area contributed by atoms with Gasteiger partial charge in [0.25, 0.3) is 0 Å². The Morgan fingerprint density at radius 2 is 1.81 bits per heavy atom. The van der Waals surface area contributed by atoms with Gasteiger partial charge in [-0.2, -0.15) is 0 Å². The molecular formula is C17H20ClNO2. The molecule has 21 heavy (non-hydrogen) atoms. The highest BCUT2D eigenvalue weighted by molar-refractivity contribution is 6.31. The molecule has 2 rings (SSSR count). The van der Waals surface area contributed by atoms with Gasteiger partial charge in [0.15, 0.2) is 0 Å². The van der Waals surface area contributed by atoms with E-state index in [1.807, 2.05) is 50.2 Å². The zero-order valence-electron chi connectivity index (χ0n) is 12.4. The van der Waals surface area contributed by atoms with Gasteiger partial charge in [0.1, 0.15) is 11.5 Å². The van der Waals surface area contributed by atoms with Crippen LogP contribution in [0, 0.1) is 13.8 Å². The van der Waals surface area contributed by atoms with E-state index >= 15 is 0 Å². The number of nitrogens with two attached hydrogens (primary N) is 1. The first-order valence-electron chi connectivity index (χ1n) is 6.95. The van der Waals surface area contributed by atoms with Crippen LogP contribution in [-0.2, 0) is 0 Å². The maximum atomic E-state index is 5.97. The molecule has 0 fully saturated rings. The SMILES string of the molecule is Cc1cc(OCCCOc2cccc(N)c2C)ccc1Cl. The second-order valence-electron chi connectivity index (χ2n) is 4.93. The Morgan fingerprint density at radius 3 is 2.57 bits per heavy atom. The lowest BCUT2D eigenvalue weighted by Gasteiger charge is -2.11. The van der Waals surface area contributed by atoms with Crippen molar-refractivity contribution in [1.82, 2.24) is 0 Å². The van der Waals surface area contributed by atoms with Crippen LogP contribution in [0.15, 0.2) is 36.4 Å². The second-order valence-corrected chi connectivity index (χ2v) is 5.34. The van der Waals surface area contributed by atoms with Crippen LogP contribution in [0.25, 0.3) is 0 Å². The quantitative estimate of drug-likeness (QED) is 0.636. The first kappa shape index (κ1) is 15.5. The Morgan fingerprint density at radius 1 is 1.05 bits per heavy atom. The van der Waals surface area contributed by atoms with Crippen molar-refractivity contribution in [3.05, 3.63) is 52.5 Å². The molecule has 0 aromatic heterocycles. The summed E-state index contributed by atoms with van der Waals surface area (Å²) in [4.78, 5) is 0. The fourth-order valence-corrected chi connectivity index (χ4v) is 2.04. The standard InChI is InChI=1S/C17H20ClNO2/c1-12-11-14(7-8-15(12)18)20-9-4-10-21-17-6-3-5-16(19)13(17)2/h3,5-8,11H,4,9-10,19H2,1-2H3. The van der Waals surface area contributed by atoms with Gasteiger partial charge in [-0.3, -0.25) is 0 Å². The molecule has 0 aliphatic carbocycles. The Labute approximate surface area is 130 Å².